The molecule has 0 unspecified atom stereocenters. The lowest BCUT2D eigenvalue weighted by molar-refractivity contribution is -0.115. The van der Waals surface area contributed by atoms with Gasteiger partial charge in [-0.25, -0.2) is 4.98 Å². The summed E-state index contributed by atoms with van der Waals surface area (Å²) in [5.74, 6) is 0.657. The van der Waals surface area contributed by atoms with Gasteiger partial charge in [0.2, 0.25) is 5.91 Å². The maximum atomic E-state index is 13.1. The number of nitrogens with zero attached hydrogens (tertiary/aromatic N) is 3. The minimum absolute atomic E-state index is 0.141. The highest BCUT2D eigenvalue weighted by Gasteiger charge is 2.25. The lowest BCUT2D eigenvalue weighted by Crippen LogP contribution is -2.18. The molecule has 0 aliphatic heterocycles. The van der Waals surface area contributed by atoms with Crippen molar-refractivity contribution in [2.45, 2.75) is 23.4 Å². The minimum atomic E-state index is -0.449. The van der Waals surface area contributed by atoms with Crippen LogP contribution in [0.3, 0.4) is 0 Å². The lowest BCUT2D eigenvalue weighted by atomic mass is 10.1. The Morgan fingerprint density at radius 2 is 2.00 bits per heavy atom. The summed E-state index contributed by atoms with van der Waals surface area (Å²) in [7, 11) is 0. The van der Waals surface area contributed by atoms with Crippen LogP contribution in [0.2, 0.25) is 0 Å². The first kappa shape index (κ1) is 19.8. The molecule has 0 fully saturated rings. The normalized spacial score (nSPS) is 12.1. The first-order valence-electron chi connectivity index (χ1n) is 8.98. The standard InChI is InChI=1S/C20H18N4O2S3/c1-3-26-14-9-10-15-16(11-14)28-19(21-15)22-18(25)17(13-7-5-4-6-8-13)29-20-24-23-12(2)27-20/h4-11,17H,3H2,1-2H3,(H,21,22,25)/t17-/m1/s1. The fraction of sp³-hybridized carbons (Fsp3) is 0.200. The topological polar surface area (TPSA) is 77.0 Å². The molecule has 0 aliphatic carbocycles. The third-order valence-corrected chi connectivity index (χ3v) is 7.08. The van der Waals surface area contributed by atoms with Gasteiger partial charge in [0, 0.05) is 0 Å². The zero-order valence-electron chi connectivity index (χ0n) is 15.8. The number of rotatable bonds is 7. The molecular formula is C20H18N4O2S3. The molecule has 0 saturated carbocycles. The number of carbonyl (C=O) groups excluding carboxylic acids is 1. The summed E-state index contributed by atoms with van der Waals surface area (Å²) in [5, 5.41) is 12.2. The molecule has 2 heterocycles. The molecule has 2 aromatic heterocycles. The molecule has 2 aromatic carbocycles. The van der Waals surface area contributed by atoms with Crippen LogP contribution in [-0.4, -0.2) is 27.7 Å². The number of thiazole rings is 1. The van der Waals surface area contributed by atoms with Crippen molar-refractivity contribution in [3.8, 4) is 5.75 Å². The van der Waals surface area contributed by atoms with Gasteiger partial charge >= 0.3 is 0 Å². The Morgan fingerprint density at radius 3 is 2.72 bits per heavy atom. The van der Waals surface area contributed by atoms with E-state index in [0.29, 0.717) is 11.7 Å². The zero-order chi connectivity index (χ0) is 20.2. The van der Waals surface area contributed by atoms with Crippen LogP contribution in [-0.2, 0) is 4.79 Å². The number of ether oxygens (including phenoxy) is 1. The van der Waals surface area contributed by atoms with Crippen molar-refractivity contribution in [3.05, 3.63) is 59.1 Å². The third kappa shape index (κ3) is 4.75. The summed E-state index contributed by atoms with van der Waals surface area (Å²) in [6.45, 7) is 4.45. The first-order chi connectivity index (χ1) is 14.1. The van der Waals surface area contributed by atoms with Crippen molar-refractivity contribution < 1.29 is 9.53 Å². The number of amides is 1. The molecule has 1 atom stereocenters. The van der Waals surface area contributed by atoms with Gasteiger partial charge in [0.1, 0.15) is 16.0 Å². The van der Waals surface area contributed by atoms with E-state index in [0.717, 1.165) is 30.9 Å². The van der Waals surface area contributed by atoms with E-state index >= 15 is 0 Å². The monoisotopic (exact) mass is 442 g/mol. The predicted molar refractivity (Wildman–Crippen MR) is 119 cm³/mol. The average Bonchev–Trinajstić information content (AvgIpc) is 3.31. The molecule has 4 rings (SSSR count). The van der Waals surface area contributed by atoms with Gasteiger partial charge < -0.3 is 10.1 Å². The molecule has 0 radical (unpaired) electrons. The number of nitrogens with one attached hydrogen (secondary N) is 1. The predicted octanol–water partition coefficient (Wildman–Crippen LogP) is 5.33. The lowest BCUT2D eigenvalue weighted by Gasteiger charge is -2.14. The highest BCUT2D eigenvalue weighted by Crippen LogP contribution is 2.38. The van der Waals surface area contributed by atoms with E-state index in [2.05, 4.69) is 20.5 Å². The van der Waals surface area contributed by atoms with Crippen molar-refractivity contribution in [2.75, 3.05) is 11.9 Å². The van der Waals surface area contributed by atoms with E-state index in [9.17, 15) is 4.79 Å². The number of benzene rings is 2. The summed E-state index contributed by atoms with van der Waals surface area (Å²) in [6.07, 6.45) is 0. The van der Waals surface area contributed by atoms with Gasteiger partial charge in [0.15, 0.2) is 9.47 Å². The number of hydrogen-bond acceptors (Lipinski definition) is 8. The van der Waals surface area contributed by atoms with Crippen molar-refractivity contribution >= 4 is 55.7 Å². The van der Waals surface area contributed by atoms with Crippen molar-refractivity contribution in [1.82, 2.24) is 15.2 Å². The fourth-order valence-corrected chi connectivity index (χ4v) is 5.62. The van der Waals surface area contributed by atoms with Crippen molar-refractivity contribution in [2.24, 2.45) is 0 Å². The highest BCUT2D eigenvalue weighted by molar-refractivity contribution is 8.01. The van der Waals surface area contributed by atoms with Gasteiger partial charge in [-0.2, -0.15) is 0 Å². The Hall–Kier alpha value is -2.49. The van der Waals surface area contributed by atoms with Crippen molar-refractivity contribution in [3.63, 3.8) is 0 Å². The van der Waals surface area contributed by atoms with E-state index < -0.39 is 5.25 Å². The largest absolute Gasteiger partial charge is 0.494 e. The molecular weight excluding hydrogens is 424 g/mol. The van der Waals surface area contributed by atoms with Gasteiger partial charge in [0.25, 0.3) is 0 Å². The molecule has 0 saturated heterocycles. The number of thioether (sulfide) groups is 1. The van der Waals surface area contributed by atoms with Crippen LogP contribution in [0.1, 0.15) is 22.7 Å². The quantitative estimate of drug-likeness (QED) is 0.390. The van der Waals surface area contributed by atoms with Crippen LogP contribution < -0.4 is 10.1 Å². The maximum Gasteiger partial charge on any atom is 0.244 e. The molecule has 0 aliphatic rings. The van der Waals surface area contributed by atoms with E-state index in [1.165, 1.54) is 34.4 Å². The van der Waals surface area contributed by atoms with Crippen LogP contribution in [0.25, 0.3) is 10.2 Å². The number of carbonyl (C=O) groups is 1. The van der Waals surface area contributed by atoms with E-state index in [1.54, 1.807) is 0 Å². The van der Waals surface area contributed by atoms with Gasteiger partial charge in [-0.3, -0.25) is 4.79 Å². The van der Waals surface area contributed by atoms with Crippen LogP contribution >= 0.6 is 34.4 Å². The molecule has 1 amide bonds. The molecule has 0 spiro atoms. The van der Waals surface area contributed by atoms with E-state index in [-0.39, 0.29) is 5.91 Å². The SMILES string of the molecule is CCOc1ccc2nc(NC(=O)[C@H](Sc3nnc(C)s3)c3ccccc3)sc2c1. The second-order valence-corrected chi connectivity index (χ2v) is 9.63. The Bertz CT molecular complexity index is 1130. The van der Waals surface area contributed by atoms with Crippen LogP contribution in [0.4, 0.5) is 5.13 Å². The molecule has 148 valence electrons. The molecule has 29 heavy (non-hydrogen) atoms. The molecule has 4 aromatic rings. The number of hydrogen-bond donors (Lipinski definition) is 1. The number of fused-ring (bicyclic) bond motifs is 1. The molecule has 0 bridgehead atoms. The average molecular weight is 443 g/mol. The maximum absolute atomic E-state index is 13.1. The van der Waals surface area contributed by atoms with E-state index in [1.807, 2.05) is 62.4 Å². The molecule has 1 N–H and O–H groups in total. The Balaban J connectivity index is 1.58. The Kier molecular flexibility index (Phi) is 6.08. The van der Waals surface area contributed by atoms with Crippen LogP contribution in [0, 0.1) is 6.92 Å². The first-order valence-corrected chi connectivity index (χ1v) is 11.5. The minimum Gasteiger partial charge on any atom is -0.494 e. The molecule has 9 heteroatoms. The summed E-state index contributed by atoms with van der Waals surface area (Å²) in [5.41, 5.74) is 1.74. The summed E-state index contributed by atoms with van der Waals surface area (Å²) in [4.78, 5) is 17.7. The Morgan fingerprint density at radius 1 is 1.17 bits per heavy atom. The zero-order valence-corrected chi connectivity index (χ0v) is 18.2. The van der Waals surface area contributed by atoms with Gasteiger partial charge in [0.05, 0.1) is 16.8 Å². The fourth-order valence-electron chi connectivity index (χ4n) is 2.71. The summed E-state index contributed by atoms with van der Waals surface area (Å²) < 4.78 is 7.27. The molecule has 6 nitrogen and oxygen atoms in total. The number of aromatic nitrogens is 3. The van der Waals surface area contributed by atoms with E-state index in [4.69, 9.17) is 4.74 Å². The number of anilines is 1. The Labute approximate surface area is 180 Å². The summed E-state index contributed by atoms with van der Waals surface area (Å²) in [6, 6.07) is 15.4. The second kappa shape index (κ2) is 8.89. The highest BCUT2D eigenvalue weighted by atomic mass is 32.2. The smallest absolute Gasteiger partial charge is 0.244 e. The third-order valence-electron chi connectivity index (χ3n) is 3.97. The number of aryl methyl sites for hydroxylation is 1. The van der Waals surface area contributed by atoms with Crippen LogP contribution in [0.15, 0.2) is 52.9 Å². The van der Waals surface area contributed by atoms with Gasteiger partial charge in [-0.1, -0.05) is 64.8 Å². The summed E-state index contributed by atoms with van der Waals surface area (Å²) >= 11 is 4.30. The van der Waals surface area contributed by atoms with Gasteiger partial charge in [-0.15, -0.1) is 10.2 Å². The van der Waals surface area contributed by atoms with Crippen LogP contribution in [0.5, 0.6) is 5.75 Å². The van der Waals surface area contributed by atoms with Gasteiger partial charge in [-0.05, 0) is 37.6 Å². The van der Waals surface area contributed by atoms with Crippen molar-refractivity contribution in [1.29, 1.82) is 0 Å². The second-order valence-electron chi connectivity index (χ2n) is 6.07.